The van der Waals surface area contributed by atoms with E-state index in [1.165, 1.54) is 12.0 Å². The molecular weight excluding hydrogens is 514 g/mol. The van der Waals surface area contributed by atoms with Crippen molar-refractivity contribution in [2.75, 3.05) is 5.32 Å². The van der Waals surface area contributed by atoms with Crippen LogP contribution in [-0.2, 0) is 25.7 Å². The minimum absolute atomic E-state index is 0.0681. The molecule has 2 bridgehead atoms. The number of anilines is 1. The second-order valence-electron chi connectivity index (χ2n) is 12.8. The smallest absolute Gasteiger partial charge is 0.246 e. The molecule has 7 nitrogen and oxygen atoms in total. The summed E-state index contributed by atoms with van der Waals surface area (Å²) in [6, 6.07) is 15.0. The van der Waals surface area contributed by atoms with Crippen LogP contribution in [0, 0.1) is 24.7 Å². The predicted molar refractivity (Wildman–Crippen MR) is 158 cm³/mol. The average molecular weight is 556 g/mol. The molecule has 41 heavy (non-hydrogen) atoms. The van der Waals surface area contributed by atoms with E-state index in [2.05, 4.69) is 31.4 Å². The first-order chi connectivity index (χ1) is 19.7. The van der Waals surface area contributed by atoms with Gasteiger partial charge in [0, 0.05) is 18.3 Å². The Kier molecular flexibility index (Phi) is 7.26. The molecule has 0 radical (unpaired) electrons. The van der Waals surface area contributed by atoms with Crippen LogP contribution in [0.4, 0.5) is 5.69 Å². The van der Waals surface area contributed by atoms with Gasteiger partial charge in [0.25, 0.3) is 0 Å². The molecule has 6 rings (SSSR count). The van der Waals surface area contributed by atoms with Crippen LogP contribution in [0.15, 0.2) is 60.7 Å². The predicted octanol–water partition coefficient (Wildman–Crippen LogP) is 5.10. The van der Waals surface area contributed by atoms with E-state index in [0.717, 1.165) is 30.4 Å². The Morgan fingerprint density at radius 2 is 1.73 bits per heavy atom. The average Bonchev–Trinajstić information content (AvgIpc) is 3.59. The van der Waals surface area contributed by atoms with E-state index in [0.29, 0.717) is 17.5 Å². The van der Waals surface area contributed by atoms with Crippen molar-refractivity contribution in [3.8, 4) is 0 Å². The minimum atomic E-state index is -1.17. The zero-order valence-corrected chi connectivity index (χ0v) is 24.4. The highest BCUT2D eigenvalue weighted by atomic mass is 16.5. The fourth-order valence-corrected chi connectivity index (χ4v) is 7.30. The number of hydrogen-bond acceptors (Lipinski definition) is 4. The SMILES string of the molecule is Cc1ccc(CN2C(=O)[C@@H]3[C@H](C(=O)Nc4ccc(C(C)C)cc4)[C@@H]4C=C[C@@]3(O4)[C@@H]2C(=O)N[C@@H]2CCCC[C@@H]2C)cc1. The van der Waals surface area contributed by atoms with Crippen molar-refractivity contribution in [1.29, 1.82) is 0 Å². The molecule has 2 aromatic carbocycles. The molecule has 7 heteroatoms. The van der Waals surface area contributed by atoms with Gasteiger partial charge in [-0.05, 0) is 54.9 Å². The number of carbonyl (C=O) groups is 3. The van der Waals surface area contributed by atoms with Crippen LogP contribution in [-0.4, -0.2) is 46.4 Å². The number of amides is 3. The molecule has 2 N–H and O–H groups in total. The van der Waals surface area contributed by atoms with Gasteiger partial charge in [0.05, 0.1) is 17.9 Å². The molecule has 3 heterocycles. The Morgan fingerprint density at radius 3 is 2.41 bits per heavy atom. The van der Waals surface area contributed by atoms with Crippen molar-refractivity contribution in [1.82, 2.24) is 10.2 Å². The number of aryl methyl sites for hydroxylation is 1. The number of fused-ring (bicyclic) bond motifs is 1. The number of nitrogens with zero attached hydrogens (tertiary/aromatic N) is 1. The maximum Gasteiger partial charge on any atom is 0.246 e. The van der Waals surface area contributed by atoms with E-state index < -0.39 is 29.6 Å². The van der Waals surface area contributed by atoms with E-state index in [9.17, 15) is 14.4 Å². The Bertz CT molecular complexity index is 1350. The fourth-order valence-electron chi connectivity index (χ4n) is 7.30. The van der Waals surface area contributed by atoms with Gasteiger partial charge in [0.2, 0.25) is 17.7 Å². The second kappa shape index (κ2) is 10.8. The Morgan fingerprint density at radius 1 is 1.02 bits per heavy atom. The quantitative estimate of drug-likeness (QED) is 0.465. The third-order valence-electron chi connectivity index (χ3n) is 9.68. The summed E-state index contributed by atoms with van der Waals surface area (Å²) in [5.41, 5.74) is 2.77. The van der Waals surface area contributed by atoms with Crippen LogP contribution in [0.1, 0.15) is 69.1 Å². The first kappa shape index (κ1) is 27.7. The molecule has 216 valence electrons. The molecule has 4 aliphatic rings. The van der Waals surface area contributed by atoms with Crippen LogP contribution in [0.2, 0.25) is 0 Å². The summed E-state index contributed by atoms with van der Waals surface area (Å²) in [7, 11) is 0. The zero-order valence-electron chi connectivity index (χ0n) is 24.4. The van der Waals surface area contributed by atoms with Gasteiger partial charge in [0.1, 0.15) is 11.6 Å². The zero-order chi connectivity index (χ0) is 28.9. The highest BCUT2D eigenvalue weighted by Gasteiger charge is 2.72. The maximum absolute atomic E-state index is 14.3. The van der Waals surface area contributed by atoms with Crippen molar-refractivity contribution < 1.29 is 19.1 Å². The summed E-state index contributed by atoms with van der Waals surface area (Å²) in [5, 5.41) is 6.32. The monoisotopic (exact) mass is 555 g/mol. The van der Waals surface area contributed by atoms with Crippen molar-refractivity contribution in [3.05, 3.63) is 77.4 Å². The highest BCUT2D eigenvalue weighted by molar-refractivity contribution is 6.02. The van der Waals surface area contributed by atoms with Gasteiger partial charge in [-0.25, -0.2) is 0 Å². The lowest BCUT2D eigenvalue weighted by Crippen LogP contribution is -2.57. The number of carbonyl (C=O) groups excluding carboxylic acids is 3. The molecule has 3 aliphatic heterocycles. The second-order valence-corrected chi connectivity index (χ2v) is 12.8. The third kappa shape index (κ3) is 4.88. The van der Waals surface area contributed by atoms with Crippen molar-refractivity contribution in [3.63, 3.8) is 0 Å². The largest absolute Gasteiger partial charge is 0.359 e. The standard InChI is InChI=1S/C34H41N3O4/c1-20(2)24-13-15-25(16-14-24)35-31(38)28-27-17-18-34(41-27)29(28)33(40)37(19-23-11-9-21(3)10-12-23)30(34)32(39)36-26-8-6-5-7-22(26)4/h9-18,20,22,26-30H,5-8,19H2,1-4H3,(H,35,38)(H,36,39)/t22-,26+,27-,28+,29-,30-,34-/m0/s1. The van der Waals surface area contributed by atoms with Gasteiger partial charge in [-0.1, -0.05) is 87.7 Å². The maximum atomic E-state index is 14.3. The topological polar surface area (TPSA) is 87.7 Å². The van der Waals surface area contributed by atoms with E-state index in [4.69, 9.17) is 4.74 Å². The Balaban J connectivity index is 1.30. The summed E-state index contributed by atoms with van der Waals surface area (Å²) in [6.07, 6.45) is 7.46. The van der Waals surface area contributed by atoms with E-state index >= 15 is 0 Å². The van der Waals surface area contributed by atoms with Gasteiger partial charge < -0.3 is 20.3 Å². The molecule has 1 aliphatic carbocycles. The Labute approximate surface area is 242 Å². The highest BCUT2D eigenvalue weighted by Crippen LogP contribution is 2.55. The number of nitrogens with one attached hydrogen (secondary N) is 2. The molecule has 0 unspecified atom stereocenters. The molecule has 0 aromatic heterocycles. The number of benzene rings is 2. The summed E-state index contributed by atoms with van der Waals surface area (Å²) in [5.74, 6) is -1.37. The van der Waals surface area contributed by atoms with E-state index in [1.807, 2.05) is 67.6 Å². The molecule has 1 saturated carbocycles. The van der Waals surface area contributed by atoms with Crippen LogP contribution < -0.4 is 10.6 Å². The van der Waals surface area contributed by atoms with E-state index in [-0.39, 0.29) is 30.3 Å². The minimum Gasteiger partial charge on any atom is -0.359 e. The van der Waals surface area contributed by atoms with Crippen molar-refractivity contribution >= 4 is 23.4 Å². The summed E-state index contributed by atoms with van der Waals surface area (Å²) >= 11 is 0. The van der Waals surface area contributed by atoms with Gasteiger partial charge in [-0.15, -0.1) is 0 Å². The first-order valence-corrected chi connectivity index (χ1v) is 15.1. The Hall–Kier alpha value is -3.45. The molecule has 2 saturated heterocycles. The molecule has 7 atom stereocenters. The number of rotatable bonds is 7. The fraction of sp³-hybridized carbons (Fsp3) is 0.500. The normalized spacial score (nSPS) is 31.9. The molecule has 1 spiro atoms. The number of ether oxygens (including phenoxy) is 1. The summed E-state index contributed by atoms with van der Waals surface area (Å²) < 4.78 is 6.52. The molecular formula is C34H41N3O4. The lowest BCUT2D eigenvalue weighted by atomic mass is 9.74. The van der Waals surface area contributed by atoms with Gasteiger partial charge >= 0.3 is 0 Å². The van der Waals surface area contributed by atoms with Crippen LogP contribution in [0.25, 0.3) is 0 Å². The van der Waals surface area contributed by atoms with Gasteiger partial charge in [-0.3, -0.25) is 14.4 Å². The van der Waals surface area contributed by atoms with Crippen LogP contribution in [0.3, 0.4) is 0 Å². The summed E-state index contributed by atoms with van der Waals surface area (Å²) in [6.45, 7) is 8.74. The number of hydrogen-bond donors (Lipinski definition) is 2. The lowest BCUT2D eigenvalue weighted by molar-refractivity contribution is -0.142. The lowest BCUT2D eigenvalue weighted by Gasteiger charge is -2.36. The van der Waals surface area contributed by atoms with Crippen LogP contribution in [0.5, 0.6) is 0 Å². The molecule has 3 fully saturated rings. The number of likely N-dealkylation sites (tertiary alicyclic amines) is 1. The van der Waals surface area contributed by atoms with Crippen LogP contribution >= 0.6 is 0 Å². The molecule has 3 amide bonds. The first-order valence-electron chi connectivity index (χ1n) is 15.1. The van der Waals surface area contributed by atoms with Gasteiger partial charge in [-0.2, -0.15) is 0 Å². The van der Waals surface area contributed by atoms with Crippen molar-refractivity contribution in [2.45, 2.75) is 89.6 Å². The third-order valence-corrected chi connectivity index (χ3v) is 9.68. The molecule has 2 aromatic rings. The summed E-state index contributed by atoms with van der Waals surface area (Å²) in [4.78, 5) is 43.8. The van der Waals surface area contributed by atoms with E-state index in [1.54, 1.807) is 4.90 Å². The van der Waals surface area contributed by atoms with Crippen molar-refractivity contribution in [2.24, 2.45) is 17.8 Å². The van der Waals surface area contributed by atoms with Gasteiger partial charge in [0.15, 0.2) is 0 Å².